The molecule has 0 aliphatic carbocycles. The van der Waals surface area contributed by atoms with Gasteiger partial charge in [0.1, 0.15) is 0 Å². The molecule has 0 saturated carbocycles. The van der Waals surface area contributed by atoms with Gasteiger partial charge in [-0.3, -0.25) is 4.79 Å². The fraction of sp³-hybridized carbons (Fsp3) is 0.727. The second-order valence-corrected chi connectivity index (χ2v) is 3.48. The molecule has 0 radical (unpaired) electrons. The Morgan fingerprint density at radius 2 is 2.50 bits per heavy atom. The fourth-order valence-corrected chi connectivity index (χ4v) is 1.53. The lowest BCUT2D eigenvalue weighted by Crippen LogP contribution is -2.25. The van der Waals surface area contributed by atoms with Gasteiger partial charge >= 0.3 is 0 Å². The Hall–Kier alpha value is -1.01. The molecule has 1 atom stereocenters. The van der Waals surface area contributed by atoms with Crippen LogP contribution in [-0.4, -0.2) is 25.2 Å². The Bertz CT molecular complexity index is 214. The van der Waals surface area contributed by atoms with E-state index < -0.39 is 0 Å². The summed E-state index contributed by atoms with van der Waals surface area (Å²) in [5, 5.41) is 2.77. The van der Waals surface area contributed by atoms with Crippen molar-refractivity contribution in [1.29, 1.82) is 0 Å². The van der Waals surface area contributed by atoms with E-state index in [0.29, 0.717) is 25.5 Å². The van der Waals surface area contributed by atoms with E-state index in [-0.39, 0.29) is 5.91 Å². The van der Waals surface area contributed by atoms with Crippen LogP contribution in [0.2, 0.25) is 0 Å². The smallest absolute Gasteiger partial charge is 0.220 e. The van der Waals surface area contributed by atoms with Gasteiger partial charge in [0, 0.05) is 26.0 Å². The third-order valence-corrected chi connectivity index (χ3v) is 2.31. The van der Waals surface area contributed by atoms with Gasteiger partial charge in [-0.1, -0.05) is 0 Å². The van der Waals surface area contributed by atoms with E-state index in [9.17, 15) is 4.79 Å². The summed E-state index contributed by atoms with van der Waals surface area (Å²) in [5.74, 6) is 2.56. The number of carbonyl (C=O) groups is 1. The first-order valence-electron chi connectivity index (χ1n) is 5.14. The molecule has 0 spiro atoms. The second kappa shape index (κ2) is 6.44. The highest BCUT2D eigenvalue weighted by molar-refractivity contribution is 5.75. The summed E-state index contributed by atoms with van der Waals surface area (Å²) < 4.78 is 5.42. The molecule has 1 fully saturated rings. The normalized spacial score (nSPS) is 20.4. The van der Waals surface area contributed by atoms with Crippen molar-refractivity contribution < 1.29 is 9.53 Å². The van der Waals surface area contributed by atoms with Crippen molar-refractivity contribution in [3.05, 3.63) is 0 Å². The van der Waals surface area contributed by atoms with Crippen LogP contribution in [0.3, 0.4) is 0 Å². The lowest BCUT2D eigenvalue weighted by molar-refractivity contribution is -0.121. The molecule has 1 rings (SSSR count). The van der Waals surface area contributed by atoms with Crippen LogP contribution in [0.25, 0.3) is 0 Å². The molecule has 0 aromatic carbocycles. The molecule has 0 aromatic rings. The molecule has 1 N–H and O–H groups in total. The topological polar surface area (TPSA) is 38.3 Å². The van der Waals surface area contributed by atoms with Crippen molar-refractivity contribution >= 4 is 5.91 Å². The summed E-state index contributed by atoms with van der Waals surface area (Å²) in [7, 11) is 0. The zero-order valence-corrected chi connectivity index (χ0v) is 8.42. The Kier molecular flexibility index (Phi) is 5.09. The highest BCUT2D eigenvalue weighted by Crippen LogP contribution is 2.16. The van der Waals surface area contributed by atoms with Gasteiger partial charge in [-0.2, -0.15) is 0 Å². The minimum Gasteiger partial charge on any atom is -0.378 e. The molecule has 1 aliphatic heterocycles. The largest absolute Gasteiger partial charge is 0.378 e. The van der Waals surface area contributed by atoms with Gasteiger partial charge in [0.15, 0.2) is 0 Å². The van der Waals surface area contributed by atoms with E-state index in [0.717, 1.165) is 25.9 Å². The molecular weight excluding hydrogens is 178 g/mol. The number of terminal acetylenes is 1. The molecule has 3 nitrogen and oxygen atoms in total. The lowest BCUT2D eigenvalue weighted by Gasteiger charge is -2.08. The van der Waals surface area contributed by atoms with E-state index in [1.54, 1.807) is 0 Å². The third kappa shape index (κ3) is 4.29. The van der Waals surface area contributed by atoms with Crippen molar-refractivity contribution in [2.24, 2.45) is 0 Å². The van der Waals surface area contributed by atoms with Gasteiger partial charge in [-0.25, -0.2) is 0 Å². The van der Waals surface area contributed by atoms with Gasteiger partial charge in [0.05, 0.1) is 6.10 Å². The van der Waals surface area contributed by atoms with E-state index in [1.165, 1.54) is 0 Å². The van der Waals surface area contributed by atoms with Crippen molar-refractivity contribution in [2.45, 2.75) is 38.2 Å². The Balaban J connectivity index is 2.00. The predicted molar refractivity (Wildman–Crippen MR) is 54.7 cm³/mol. The summed E-state index contributed by atoms with van der Waals surface area (Å²) in [5.41, 5.74) is 0. The number of nitrogens with one attached hydrogen (secondary N) is 1. The molecule has 1 aliphatic rings. The van der Waals surface area contributed by atoms with E-state index >= 15 is 0 Å². The van der Waals surface area contributed by atoms with Crippen LogP contribution in [0.15, 0.2) is 0 Å². The van der Waals surface area contributed by atoms with Crippen LogP contribution < -0.4 is 5.32 Å². The minimum absolute atomic E-state index is 0.0794. The first-order valence-corrected chi connectivity index (χ1v) is 5.14. The number of hydrogen-bond acceptors (Lipinski definition) is 2. The number of rotatable bonds is 5. The van der Waals surface area contributed by atoms with Crippen LogP contribution in [0.1, 0.15) is 32.1 Å². The molecule has 78 valence electrons. The van der Waals surface area contributed by atoms with Crippen LogP contribution in [0.5, 0.6) is 0 Å². The number of carbonyl (C=O) groups excluding carboxylic acids is 1. The summed E-state index contributed by atoms with van der Waals surface area (Å²) in [6.07, 6.45) is 9.58. The van der Waals surface area contributed by atoms with Crippen molar-refractivity contribution in [3.8, 4) is 12.3 Å². The molecule has 3 heteroatoms. The van der Waals surface area contributed by atoms with Crippen molar-refractivity contribution in [3.63, 3.8) is 0 Å². The van der Waals surface area contributed by atoms with Crippen LogP contribution in [0.4, 0.5) is 0 Å². The Morgan fingerprint density at radius 3 is 3.14 bits per heavy atom. The first kappa shape index (κ1) is 11.1. The van der Waals surface area contributed by atoms with Crippen LogP contribution in [-0.2, 0) is 9.53 Å². The number of hydrogen-bond donors (Lipinski definition) is 1. The number of ether oxygens (including phenoxy) is 1. The second-order valence-electron chi connectivity index (χ2n) is 3.48. The van der Waals surface area contributed by atoms with E-state index in [1.807, 2.05) is 0 Å². The highest BCUT2D eigenvalue weighted by Gasteiger charge is 2.16. The fourth-order valence-electron chi connectivity index (χ4n) is 1.53. The molecule has 14 heavy (non-hydrogen) atoms. The van der Waals surface area contributed by atoms with E-state index in [2.05, 4.69) is 11.2 Å². The maximum absolute atomic E-state index is 11.2. The summed E-state index contributed by atoms with van der Waals surface area (Å²) in [4.78, 5) is 11.2. The third-order valence-electron chi connectivity index (χ3n) is 2.31. The molecular formula is C11H17NO2. The quantitative estimate of drug-likeness (QED) is 0.526. The predicted octanol–water partition coefficient (Wildman–Crippen LogP) is 1.09. The highest BCUT2D eigenvalue weighted by atomic mass is 16.5. The minimum atomic E-state index is 0.0794. The first-order chi connectivity index (χ1) is 6.83. The molecule has 1 amide bonds. The molecule has 1 unspecified atom stereocenters. The summed E-state index contributed by atoms with van der Waals surface area (Å²) in [6.45, 7) is 1.43. The maximum atomic E-state index is 11.2. The summed E-state index contributed by atoms with van der Waals surface area (Å²) >= 11 is 0. The Labute approximate surface area is 85.2 Å². The van der Waals surface area contributed by atoms with Crippen molar-refractivity contribution in [1.82, 2.24) is 5.32 Å². The van der Waals surface area contributed by atoms with Gasteiger partial charge < -0.3 is 10.1 Å². The molecule has 0 bridgehead atoms. The average molecular weight is 195 g/mol. The van der Waals surface area contributed by atoms with Crippen molar-refractivity contribution in [2.75, 3.05) is 13.2 Å². The lowest BCUT2D eigenvalue weighted by atomic mass is 10.1. The zero-order valence-electron chi connectivity index (χ0n) is 8.42. The average Bonchev–Trinajstić information content (AvgIpc) is 2.68. The monoisotopic (exact) mass is 195 g/mol. The van der Waals surface area contributed by atoms with Gasteiger partial charge in [0.2, 0.25) is 5.91 Å². The maximum Gasteiger partial charge on any atom is 0.220 e. The van der Waals surface area contributed by atoms with E-state index in [4.69, 9.17) is 11.2 Å². The molecule has 1 saturated heterocycles. The number of amides is 1. The Morgan fingerprint density at radius 1 is 1.64 bits per heavy atom. The standard InChI is InChI=1S/C11H17NO2/c1-2-3-8-12-11(13)7-6-10-5-4-9-14-10/h1,10H,3-9H2,(H,12,13). The van der Waals surface area contributed by atoms with Crippen LogP contribution in [0, 0.1) is 12.3 Å². The molecule has 0 aromatic heterocycles. The molecule has 1 heterocycles. The van der Waals surface area contributed by atoms with Gasteiger partial charge in [0.25, 0.3) is 0 Å². The van der Waals surface area contributed by atoms with Crippen LogP contribution >= 0.6 is 0 Å². The van der Waals surface area contributed by atoms with Gasteiger partial charge in [-0.05, 0) is 19.3 Å². The SMILES string of the molecule is C#CCCNC(=O)CCC1CCCO1. The van der Waals surface area contributed by atoms with Gasteiger partial charge in [-0.15, -0.1) is 12.3 Å². The summed E-state index contributed by atoms with van der Waals surface area (Å²) in [6, 6.07) is 0. The zero-order chi connectivity index (χ0) is 10.2.